The van der Waals surface area contributed by atoms with Crippen molar-refractivity contribution in [2.45, 2.75) is 95.6 Å². The van der Waals surface area contributed by atoms with Gasteiger partial charge in [0.2, 0.25) is 0 Å². The third kappa shape index (κ3) is 6.87. The van der Waals surface area contributed by atoms with Crippen LogP contribution in [0.5, 0.6) is 0 Å². The summed E-state index contributed by atoms with van der Waals surface area (Å²) in [5.41, 5.74) is -1.60. The summed E-state index contributed by atoms with van der Waals surface area (Å²) < 4.78 is 45.5. The van der Waals surface area contributed by atoms with Crippen molar-refractivity contribution in [2.24, 2.45) is 0 Å². The van der Waals surface area contributed by atoms with Crippen LogP contribution in [-0.2, 0) is 37.4 Å². The van der Waals surface area contributed by atoms with Crippen molar-refractivity contribution < 1.29 is 42.2 Å². The Morgan fingerprint density at radius 2 is 1.87 bits per heavy atom. The zero-order valence-corrected chi connectivity index (χ0v) is 19.1. The van der Waals surface area contributed by atoms with E-state index < -0.39 is 43.4 Å². The van der Waals surface area contributed by atoms with E-state index >= 15 is 0 Å². The number of hydrogen-bond acceptors (Lipinski definition) is 8. The highest BCUT2D eigenvalue weighted by Crippen LogP contribution is 2.50. The van der Waals surface area contributed by atoms with Crippen molar-refractivity contribution in [3.05, 3.63) is 0 Å². The molecule has 2 aliphatic heterocycles. The minimum Gasteiger partial charge on any atom is -0.380 e. The van der Waals surface area contributed by atoms with Crippen molar-refractivity contribution in [3.63, 3.8) is 0 Å². The molecular formula is C18H31B2O9P. The van der Waals surface area contributed by atoms with Crippen LogP contribution < -0.4 is 0 Å². The molecule has 0 saturated carbocycles. The lowest BCUT2D eigenvalue weighted by molar-refractivity contribution is -0.159. The predicted octanol–water partition coefficient (Wildman–Crippen LogP) is 1.23. The Balaban J connectivity index is 2.04. The highest BCUT2D eigenvalue weighted by molar-refractivity contribution is 7.47. The molecule has 0 spiro atoms. The van der Waals surface area contributed by atoms with E-state index in [1.807, 2.05) is 13.8 Å². The normalized spacial score (nSPS) is 36.5. The predicted molar refractivity (Wildman–Crippen MR) is 109 cm³/mol. The van der Waals surface area contributed by atoms with Crippen LogP contribution in [0.4, 0.5) is 0 Å². The molecule has 0 aliphatic carbocycles. The Bertz CT molecular complexity index is 635. The number of phosphoric acid groups is 1. The molecule has 0 aromatic rings. The molecule has 1 N–H and O–H groups in total. The maximum Gasteiger partial charge on any atom is 0.472 e. The lowest BCUT2D eigenvalue weighted by Gasteiger charge is -2.33. The van der Waals surface area contributed by atoms with Gasteiger partial charge in [0, 0.05) is 12.0 Å². The van der Waals surface area contributed by atoms with E-state index in [0.717, 1.165) is 0 Å². The van der Waals surface area contributed by atoms with Gasteiger partial charge in [0.15, 0.2) is 11.4 Å². The summed E-state index contributed by atoms with van der Waals surface area (Å²) in [4.78, 5) is 22.6. The molecule has 2 rings (SSSR count). The summed E-state index contributed by atoms with van der Waals surface area (Å²) >= 11 is 0. The lowest BCUT2D eigenvalue weighted by Crippen LogP contribution is -2.51. The minimum absolute atomic E-state index is 0.0266. The molecule has 30 heavy (non-hydrogen) atoms. The highest BCUT2D eigenvalue weighted by Gasteiger charge is 2.54. The summed E-state index contributed by atoms with van der Waals surface area (Å²) in [7, 11) is 7.06. The van der Waals surface area contributed by atoms with Crippen LogP contribution in [0.1, 0.15) is 47.5 Å². The molecule has 12 heteroatoms. The molecule has 2 aliphatic rings. The Kier molecular flexibility index (Phi) is 9.17. The number of hydrogen-bond donors (Lipinski definition) is 1. The second-order valence-electron chi connectivity index (χ2n) is 8.23. The zero-order chi connectivity index (χ0) is 22.7. The molecule has 2 heterocycles. The molecular weight excluding hydrogens is 413 g/mol. The van der Waals surface area contributed by atoms with Gasteiger partial charge in [-0.3, -0.25) is 13.8 Å². The summed E-state index contributed by atoms with van der Waals surface area (Å²) in [6.45, 7) is 8.18. The van der Waals surface area contributed by atoms with Gasteiger partial charge in [0.1, 0.15) is 27.9 Å². The third-order valence-electron chi connectivity index (χ3n) is 4.89. The molecule has 168 valence electrons. The minimum atomic E-state index is -4.59. The largest absolute Gasteiger partial charge is 0.472 e. The van der Waals surface area contributed by atoms with Crippen LogP contribution in [0, 0.1) is 0 Å². The Labute approximate surface area is 180 Å². The van der Waals surface area contributed by atoms with Crippen LogP contribution in [0.3, 0.4) is 0 Å². The number of ketones is 1. The van der Waals surface area contributed by atoms with Crippen LogP contribution in [0.25, 0.3) is 0 Å². The number of phosphoric ester groups is 1. The lowest BCUT2D eigenvalue weighted by atomic mass is 9.90. The first kappa shape index (κ1) is 26.0. The van der Waals surface area contributed by atoms with E-state index in [9.17, 15) is 14.3 Å². The highest BCUT2D eigenvalue weighted by atomic mass is 31.2. The van der Waals surface area contributed by atoms with Crippen molar-refractivity contribution in [1.82, 2.24) is 0 Å². The molecule has 2 fully saturated rings. The first-order valence-electron chi connectivity index (χ1n) is 10.1. The molecule has 0 aromatic heterocycles. The van der Waals surface area contributed by atoms with E-state index in [4.69, 9.17) is 43.7 Å². The fourth-order valence-corrected chi connectivity index (χ4v) is 4.47. The number of Topliss-reactive ketones (excluding diaryl/α,β-unsaturated/α-hetero) is 1. The van der Waals surface area contributed by atoms with Crippen molar-refractivity contribution in [3.8, 4) is 0 Å². The van der Waals surface area contributed by atoms with Gasteiger partial charge in [-0.15, -0.1) is 0 Å². The Morgan fingerprint density at radius 3 is 2.43 bits per heavy atom. The molecule has 0 amide bonds. The fraction of sp³-hybridized carbons (Fsp3) is 0.944. The summed E-state index contributed by atoms with van der Waals surface area (Å²) in [6.07, 6.45) is -1.92. The SMILES string of the molecule is [B][C@H]1C[C@@H](OC(C)C)[C@@H](COP(=O)(O)O[C@@H]2C[C@H]([B])O[C@@]2(COC(C)C)C(C)=O)O1. The van der Waals surface area contributed by atoms with Crippen molar-refractivity contribution in [2.75, 3.05) is 13.2 Å². The van der Waals surface area contributed by atoms with Gasteiger partial charge >= 0.3 is 7.82 Å². The Hall–Kier alpha value is -0.250. The first-order valence-corrected chi connectivity index (χ1v) is 11.6. The van der Waals surface area contributed by atoms with E-state index in [1.54, 1.807) is 13.8 Å². The standard InChI is InChI=1S/C18H31B2O9P/c1-10(2)24-9-18(12(5)21)15(7-17(20)28-18)29-30(22,23)25-8-14-13(26-11(3)4)6-16(19)27-14/h10-11,13-17H,6-9H2,1-5H3,(H,22,23)/t13-,14-,15-,16-,17-,18+/m1/s1. The topological polar surface area (TPSA) is 110 Å². The van der Waals surface area contributed by atoms with E-state index in [-0.39, 0.29) is 37.9 Å². The second-order valence-corrected chi connectivity index (χ2v) is 9.63. The molecule has 0 aromatic carbocycles. The number of carbonyl (C=O) groups is 1. The molecule has 7 atom stereocenters. The summed E-state index contributed by atoms with van der Waals surface area (Å²) in [5.74, 6) is -0.420. The molecule has 4 radical (unpaired) electrons. The third-order valence-corrected chi connectivity index (χ3v) is 5.89. The van der Waals surface area contributed by atoms with Crippen LogP contribution in [0.15, 0.2) is 0 Å². The Morgan fingerprint density at radius 1 is 1.20 bits per heavy atom. The number of carbonyl (C=O) groups excluding carboxylic acids is 1. The van der Waals surface area contributed by atoms with Gasteiger partial charge in [-0.2, -0.15) is 0 Å². The summed E-state index contributed by atoms with van der Waals surface area (Å²) in [5, 5.41) is 0. The van der Waals surface area contributed by atoms with Gasteiger partial charge in [-0.05, 0) is 47.5 Å². The zero-order valence-electron chi connectivity index (χ0n) is 18.2. The van der Waals surface area contributed by atoms with Gasteiger partial charge < -0.3 is 23.8 Å². The average Bonchev–Trinajstić information content (AvgIpc) is 3.10. The van der Waals surface area contributed by atoms with Crippen LogP contribution in [0.2, 0.25) is 0 Å². The average molecular weight is 444 g/mol. The van der Waals surface area contributed by atoms with Gasteiger partial charge in [0.25, 0.3) is 0 Å². The first-order chi connectivity index (χ1) is 13.8. The van der Waals surface area contributed by atoms with Crippen LogP contribution >= 0.6 is 7.82 Å². The number of ether oxygens (including phenoxy) is 4. The quantitative estimate of drug-likeness (QED) is 0.372. The van der Waals surface area contributed by atoms with Gasteiger partial charge in [-0.1, -0.05) is 0 Å². The maximum atomic E-state index is 12.6. The monoisotopic (exact) mass is 444 g/mol. The maximum absolute atomic E-state index is 12.6. The fourth-order valence-electron chi connectivity index (χ4n) is 3.50. The smallest absolute Gasteiger partial charge is 0.380 e. The van der Waals surface area contributed by atoms with E-state index in [0.29, 0.717) is 6.42 Å². The molecule has 0 bridgehead atoms. The second kappa shape index (κ2) is 10.6. The molecule has 9 nitrogen and oxygen atoms in total. The molecule has 2 saturated heterocycles. The number of rotatable bonds is 11. The van der Waals surface area contributed by atoms with E-state index in [2.05, 4.69) is 0 Å². The van der Waals surface area contributed by atoms with Crippen LogP contribution in [-0.4, -0.2) is 87.7 Å². The summed E-state index contributed by atoms with van der Waals surface area (Å²) in [6, 6.07) is -1.41. The van der Waals surface area contributed by atoms with Crippen molar-refractivity contribution in [1.29, 1.82) is 0 Å². The molecule has 1 unspecified atom stereocenters. The van der Waals surface area contributed by atoms with E-state index in [1.165, 1.54) is 6.92 Å². The van der Waals surface area contributed by atoms with Gasteiger partial charge in [-0.25, -0.2) is 4.57 Å². The van der Waals surface area contributed by atoms with Crippen molar-refractivity contribution >= 4 is 29.3 Å². The van der Waals surface area contributed by atoms with Gasteiger partial charge in [0.05, 0.1) is 31.5 Å².